The van der Waals surface area contributed by atoms with Crippen LogP contribution >= 0.6 is 12.2 Å². The standard InChI is InChI=1S/C12H16S/c1-9(13)10-5-7-11(8-6-10)12(2,3)4/h5-8H,1-4H3. The zero-order chi connectivity index (χ0) is 10.1. The summed E-state index contributed by atoms with van der Waals surface area (Å²) in [4.78, 5) is 0.959. The van der Waals surface area contributed by atoms with E-state index in [0.29, 0.717) is 0 Å². The van der Waals surface area contributed by atoms with Crippen LogP contribution in [0.25, 0.3) is 0 Å². The van der Waals surface area contributed by atoms with E-state index in [9.17, 15) is 0 Å². The van der Waals surface area contributed by atoms with Crippen LogP contribution < -0.4 is 0 Å². The average molecular weight is 192 g/mol. The van der Waals surface area contributed by atoms with E-state index >= 15 is 0 Å². The zero-order valence-electron chi connectivity index (χ0n) is 8.72. The molecule has 0 bridgehead atoms. The summed E-state index contributed by atoms with van der Waals surface area (Å²) in [7, 11) is 0. The summed E-state index contributed by atoms with van der Waals surface area (Å²) in [6, 6.07) is 8.52. The minimum Gasteiger partial charge on any atom is -0.0846 e. The summed E-state index contributed by atoms with van der Waals surface area (Å²) in [6.07, 6.45) is 0. The highest BCUT2D eigenvalue weighted by molar-refractivity contribution is 7.80. The van der Waals surface area contributed by atoms with E-state index < -0.39 is 0 Å². The smallest absolute Gasteiger partial charge is 0.0193 e. The number of hydrogen-bond acceptors (Lipinski definition) is 1. The van der Waals surface area contributed by atoms with E-state index in [1.165, 1.54) is 5.56 Å². The third-order valence-electron chi connectivity index (χ3n) is 2.16. The lowest BCUT2D eigenvalue weighted by molar-refractivity contribution is 0.590. The van der Waals surface area contributed by atoms with Crippen LogP contribution in [0.5, 0.6) is 0 Å². The Balaban J connectivity index is 3.01. The van der Waals surface area contributed by atoms with Gasteiger partial charge >= 0.3 is 0 Å². The summed E-state index contributed by atoms with van der Waals surface area (Å²) < 4.78 is 0. The van der Waals surface area contributed by atoms with Crippen molar-refractivity contribution in [3.8, 4) is 0 Å². The van der Waals surface area contributed by atoms with E-state index in [0.717, 1.165) is 10.4 Å². The lowest BCUT2D eigenvalue weighted by Crippen LogP contribution is -2.10. The predicted octanol–water partition coefficient (Wildman–Crippen LogP) is 3.72. The number of benzene rings is 1. The van der Waals surface area contributed by atoms with Crippen molar-refractivity contribution < 1.29 is 0 Å². The Hall–Kier alpha value is -0.690. The first kappa shape index (κ1) is 10.4. The number of rotatable bonds is 1. The van der Waals surface area contributed by atoms with Crippen molar-refractivity contribution in [2.24, 2.45) is 0 Å². The minimum absolute atomic E-state index is 0.230. The predicted molar refractivity (Wildman–Crippen MR) is 62.5 cm³/mol. The van der Waals surface area contributed by atoms with Crippen LogP contribution in [-0.2, 0) is 5.41 Å². The quantitative estimate of drug-likeness (QED) is 0.482. The fourth-order valence-electron chi connectivity index (χ4n) is 1.20. The maximum Gasteiger partial charge on any atom is 0.0193 e. The first-order valence-corrected chi connectivity index (χ1v) is 4.93. The molecule has 1 aromatic carbocycles. The Morgan fingerprint density at radius 3 is 1.85 bits per heavy atom. The van der Waals surface area contributed by atoms with Gasteiger partial charge < -0.3 is 0 Å². The van der Waals surface area contributed by atoms with Gasteiger partial charge in [-0.25, -0.2) is 0 Å². The van der Waals surface area contributed by atoms with E-state index in [1.807, 2.05) is 6.92 Å². The van der Waals surface area contributed by atoms with Gasteiger partial charge in [-0.2, -0.15) is 0 Å². The summed E-state index contributed by atoms with van der Waals surface area (Å²) in [6.45, 7) is 8.60. The first-order valence-electron chi connectivity index (χ1n) is 4.53. The molecule has 1 heteroatoms. The van der Waals surface area contributed by atoms with Crippen molar-refractivity contribution in [3.63, 3.8) is 0 Å². The molecule has 0 atom stereocenters. The first-order chi connectivity index (χ1) is 5.91. The van der Waals surface area contributed by atoms with Gasteiger partial charge in [0.15, 0.2) is 0 Å². The molecule has 0 aliphatic rings. The van der Waals surface area contributed by atoms with Gasteiger partial charge in [-0.3, -0.25) is 0 Å². The van der Waals surface area contributed by atoms with Gasteiger partial charge in [-0.1, -0.05) is 57.3 Å². The second kappa shape index (κ2) is 3.59. The van der Waals surface area contributed by atoms with Crippen molar-refractivity contribution in [2.75, 3.05) is 0 Å². The molecule has 0 aliphatic heterocycles. The van der Waals surface area contributed by atoms with Crippen LogP contribution in [0.15, 0.2) is 24.3 Å². The molecule has 0 radical (unpaired) electrons. The van der Waals surface area contributed by atoms with Gasteiger partial charge in [0.05, 0.1) is 0 Å². The Labute approximate surface area is 86.0 Å². The molecule has 0 fully saturated rings. The molecule has 0 unspecified atom stereocenters. The molecular weight excluding hydrogens is 176 g/mol. The van der Waals surface area contributed by atoms with Crippen molar-refractivity contribution in [1.29, 1.82) is 0 Å². The fourth-order valence-corrected chi connectivity index (χ4v) is 1.34. The maximum atomic E-state index is 5.10. The molecule has 1 rings (SSSR count). The lowest BCUT2D eigenvalue weighted by atomic mass is 9.86. The van der Waals surface area contributed by atoms with Gasteiger partial charge in [0.1, 0.15) is 0 Å². The largest absolute Gasteiger partial charge is 0.0846 e. The van der Waals surface area contributed by atoms with E-state index in [4.69, 9.17) is 12.2 Å². The molecule has 70 valence electrons. The SMILES string of the molecule is CC(=S)c1ccc(C(C)(C)C)cc1. The normalized spacial score (nSPS) is 11.4. The van der Waals surface area contributed by atoms with Gasteiger partial charge in [0, 0.05) is 4.86 Å². The molecule has 0 heterocycles. The summed E-state index contributed by atoms with van der Waals surface area (Å²) in [5, 5.41) is 0. The van der Waals surface area contributed by atoms with Gasteiger partial charge in [0.25, 0.3) is 0 Å². The lowest BCUT2D eigenvalue weighted by Gasteiger charge is -2.18. The summed E-state index contributed by atoms with van der Waals surface area (Å²) in [5.74, 6) is 0. The maximum absolute atomic E-state index is 5.10. The Kier molecular flexibility index (Phi) is 2.87. The summed E-state index contributed by atoms with van der Waals surface area (Å²) in [5.41, 5.74) is 2.74. The number of hydrogen-bond donors (Lipinski definition) is 0. The number of thiocarbonyl (C=S) groups is 1. The third kappa shape index (κ3) is 2.63. The van der Waals surface area contributed by atoms with Crippen molar-refractivity contribution in [2.45, 2.75) is 33.1 Å². The Morgan fingerprint density at radius 2 is 1.54 bits per heavy atom. The fraction of sp³-hybridized carbons (Fsp3) is 0.417. The second-order valence-corrected chi connectivity index (χ2v) is 5.00. The van der Waals surface area contributed by atoms with Gasteiger partial charge in [-0.15, -0.1) is 0 Å². The highest BCUT2D eigenvalue weighted by Crippen LogP contribution is 2.22. The average Bonchev–Trinajstić information content (AvgIpc) is 2.03. The van der Waals surface area contributed by atoms with Crippen molar-refractivity contribution >= 4 is 17.1 Å². The van der Waals surface area contributed by atoms with Crippen LogP contribution in [0.1, 0.15) is 38.8 Å². The van der Waals surface area contributed by atoms with Gasteiger partial charge in [0.2, 0.25) is 0 Å². The van der Waals surface area contributed by atoms with Crippen molar-refractivity contribution in [3.05, 3.63) is 35.4 Å². The second-order valence-electron chi connectivity index (χ2n) is 4.38. The van der Waals surface area contributed by atoms with Crippen LogP contribution in [-0.4, -0.2) is 4.86 Å². The molecule has 1 aromatic rings. The highest BCUT2D eigenvalue weighted by Gasteiger charge is 2.12. The van der Waals surface area contributed by atoms with Crippen molar-refractivity contribution in [1.82, 2.24) is 0 Å². The minimum atomic E-state index is 0.230. The van der Waals surface area contributed by atoms with Crippen LogP contribution in [0.3, 0.4) is 0 Å². The van der Waals surface area contributed by atoms with Gasteiger partial charge in [-0.05, 0) is 23.5 Å². The molecule has 0 saturated heterocycles. The molecule has 0 aromatic heterocycles. The molecule has 0 nitrogen and oxygen atoms in total. The molecule has 13 heavy (non-hydrogen) atoms. The van der Waals surface area contributed by atoms with E-state index in [2.05, 4.69) is 45.0 Å². The van der Waals surface area contributed by atoms with E-state index in [1.54, 1.807) is 0 Å². The molecular formula is C12H16S. The molecule has 0 N–H and O–H groups in total. The highest BCUT2D eigenvalue weighted by atomic mass is 32.1. The molecule has 0 saturated carbocycles. The zero-order valence-corrected chi connectivity index (χ0v) is 9.53. The summed E-state index contributed by atoms with van der Waals surface area (Å²) >= 11 is 5.10. The van der Waals surface area contributed by atoms with Crippen LogP contribution in [0.2, 0.25) is 0 Å². The molecule has 0 amide bonds. The van der Waals surface area contributed by atoms with Crippen LogP contribution in [0.4, 0.5) is 0 Å². The molecule has 0 aliphatic carbocycles. The topological polar surface area (TPSA) is 0 Å². The third-order valence-corrected chi connectivity index (χ3v) is 2.39. The van der Waals surface area contributed by atoms with Crippen LogP contribution in [0, 0.1) is 0 Å². The Bertz CT molecular complexity index is 301. The monoisotopic (exact) mass is 192 g/mol. The van der Waals surface area contributed by atoms with E-state index in [-0.39, 0.29) is 5.41 Å². The molecule has 0 spiro atoms. The Morgan fingerprint density at radius 1 is 1.08 bits per heavy atom.